The van der Waals surface area contributed by atoms with E-state index in [4.69, 9.17) is 4.42 Å². The smallest absolute Gasteiger partial charge is 0.419 e. The summed E-state index contributed by atoms with van der Waals surface area (Å²) < 4.78 is 43.3. The molecule has 2 atom stereocenters. The van der Waals surface area contributed by atoms with Crippen molar-refractivity contribution in [1.82, 2.24) is 10.2 Å². The van der Waals surface area contributed by atoms with Crippen molar-refractivity contribution < 1.29 is 27.5 Å². The topological polar surface area (TPSA) is 65.7 Å². The van der Waals surface area contributed by atoms with Gasteiger partial charge in [-0.15, -0.1) is 0 Å². The maximum atomic E-state index is 12.8. The lowest BCUT2D eigenvalue weighted by atomic mass is 10.0. The number of amides is 1. The quantitative estimate of drug-likeness (QED) is 0.858. The summed E-state index contributed by atoms with van der Waals surface area (Å²) in [6.07, 6.45) is -4.08. The number of alkyl halides is 3. The minimum Gasteiger partial charge on any atom is -0.469 e. The van der Waals surface area contributed by atoms with Crippen LogP contribution >= 0.6 is 0 Å². The van der Waals surface area contributed by atoms with E-state index in [-0.39, 0.29) is 42.5 Å². The zero-order valence-electron chi connectivity index (χ0n) is 13.1. The molecule has 2 N–H and O–H groups in total. The number of hydrogen-bond acceptors (Lipinski definition) is 4. The molecule has 8 heteroatoms. The van der Waals surface area contributed by atoms with Crippen LogP contribution in [0.2, 0.25) is 0 Å². The van der Waals surface area contributed by atoms with Gasteiger partial charge in [0.2, 0.25) is 5.91 Å². The monoisotopic (exact) mass is 334 g/mol. The SMILES string of the molecule is Cc1occ(C(F)(F)F)c1CCNC(=O)C[C@@H]1CN(C)C[C@H]1O. The molecular formula is C15H21F3N2O3. The van der Waals surface area contributed by atoms with Gasteiger partial charge in [0.1, 0.15) is 12.0 Å². The fourth-order valence-corrected chi connectivity index (χ4v) is 2.93. The lowest BCUT2D eigenvalue weighted by Crippen LogP contribution is -2.31. The van der Waals surface area contributed by atoms with E-state index in [1.54, 1.807) is 0 Å². The highest BCUT2D eigenvalue weighted by Crippen LogP contribution is 2.34. The number of halogens is 3. The molecule has 1 aliphatic heterocycles. The summed E-state index contributed by atoms with van der Waals surface area (Å²) in [7, 11) is 1.86. The van der Waals surface area contributed by atoms with Crippen molar-refractivity contribution in [3.8, 4) is 0 Å². The predicted molar refractivity (Wildman–Crippen MR) is 76.8 cm³/mol. The number of aliphatic hydroxyl groups excluding tert-OH is 1. The highest BCUT2D eigenvalue weighted by atomic mass is 19.4. The van der Waals surface area contributed by atoms with Crippen molar-refractivity contribution in [2.24, 2.45) is 5.92 Å². The third-order valence-electron chi connectivity index (χ3n) is 4.14. The molecule has 0 saturated carbocycles. The second-order valence-electron chi connectivity index (χ2n) is 6.03. The Morgan fingerprint density at radius 2 is 2.17 bits per heavy atom. The van der Waals surface area contributed by atoms with Crippen molar-refractivity contribution in [2.75, 3.05) is 26.7 Å². The molecular weight excluding hydrogens is 313 g/mol. The first-order chi connectivity index (χ1) is 10.7. The molecule has 1 amide bonds. The molecule has 2 heterocycles. The third-order valence-corrected chi connectivity index (χ3v) is 4.14. The molecule has 0 bridgehead atoms. The van der Waals surface area contributed by atoms with Crippen molar-refractivity contribution >= 4 is 5.91 Å². The van der Waals surface area contributed by atoms with Gasteiger partial charge in [-0.2, -0.15) is 13.2 Å². The Morgan fingerprint density at radius 1 is 1.48 bits per heavy atom. The van der Waals surface area contributed by atoms with Gasteiger partial charge in [-0.3, -0.25) is 4.79 Å². The van der Waals surface area contributed by atoms with E-state index in [0.717, 1.165) is 0 Å². The number of nitrogens with one attached hydrogen (secondary N) is 1. The lowest BCUT2D eigenvalue weighted by Gasteiger charge is -2.13. The number of β-amino-alcohol motifs (C(OH)–C–C–N with tert-alkyl or cyclic N) is 1. The standard InChI is InChI=1S/C15H21F3N2O3/c1-9-11(12(8-23-9)15(16,17)18)3-4-19-14(22)5-10-6-20(2)7-13(10)21/h8,10,13,21H,3-7H2,1-2H3,(H,19,22)/t10-,13-/m1/s1. The first-order valence-electron chi connectivity index (χ1n) is 7.46. The molecule has 0 radical (unpaired) electrons. The summed E-state index contributed by atoms with van der Waals surface area (Å²) >= 11 is 0. The van der Waals surface area contributed by atoms with E-state index in [1.165, 1.54) is 6.92 Å². The highest BCUT2D eigenvalue weighted by molar-refractivity contribution is 5.76. The number of nitrogens with zero attached hydrogens (tertiary/aromatic N) is 1. The fraction of sp³-hybridized carbons (Fsp3) is 0.667. The molecule has 2 rings (SSSR count). The predicted octanol–water partition coefficient (Wildman–Crippen LogP) is 1.58. The maximum Gasteiger partial charge on any atom is 0.419 e. The van der Waals surface area contributed by atoms with Gasteiger partial charge in [0, 0.05) is 37.5 Å². The van der Waals surface area contributed by atoms with Crippen molar-refractivity contribution in [3.63, 3.8) is 0 Å². The molecule has 1 aliphatic rings. The minimum absolute atomic E-state index is 0.0516. The van der Waals surface area contributed by atoms with Crippen LogP contribution in [0.3, 0.4) is 0 Å². The van der Waals surface area contributed by atoms with E-state index in [1.807, 2.05) is 11.9 Å². The number of aliphatic hydroxyl groups is 1. The molecule has 130 valence electrons. The molecule has 0 unspecified atom stereocenters. The van der Waals surface area contributed by atoms with Crippen LogP contribution in [0.4, 0.5) is 13.2 Å². The van der Waals surface area contributed by atoms with Crippen LogP contribution in [-0.4, -0.2) is 48.7 Å². The molecule has 1 aromatic rings. The Bertz CT molecular complexity index is 557. The Morgan fingerprint density at radius 3 is 2.74 bits per heavy atom. The van der Waals surface area contributed by atoms with Crippen LogP contribution in [0.15, 0.2) is 10.7 Å². The average Bonchev–Trinajstić information content (AvgIpc) is 2.93. The van der Waals surface area contributed by atoms with Crippen molar-refractivity contribution in [2.45, 2.75) is 32.0 Å². The number of furan rings is 1. The Balaban J connectivity index is 1.84. The lowest BCUT2D eigenvalue weighted by molar-refractivity contribution is -0.138. The summed E-state index contributed by atoms with van der Waals surface area (Å²) in [6.45, 7) is 2.73. The first kappa shape index (κ1) is 17.8. The summed E-state index contributed by atoms with van der Waals surface area (Å²) in [5.74, 6) is -0.195. The van der Waals surface area contributed by atoms with Gasteiger partial charge in [-0.25, -0.2) is 0 Å². The van der Waals surface area contributed by atoms with Gasteiger partial charge in [-0.1, -0.05) is 0 Å². The number of likely N-dealkylation sites (N-methyl/N-ethyl adjacent to an activating group) is 1. The van der Waals surface area contributed by atoms with Gasteiger partial charge in [-0.05, 0) is 20.4 Å². The molecule has 0 aromatic carbocycles. The van der Waals surface area contributed by atoms with Gasteiger partial charge in [0.25, 0.3) is 0 Å². The minimum atomic E-state index is -4.46. The number of likely N-dealkylation sites (tertiary alicyclic amines) is 1. The van der Waals surface area contributed by atoms with E-state index < -0.39 is 17.8 Å². The van der Waals surface area contributed by atoms with E-state index >= 15 is 0 Å². The van der Waals surface area contributed by atoms with E-state index in [9.17, 15) is 23.1 Å². The van der Waals surface area contributed by atoms with Crippen LogP contribution in [0.5, 0.6) is 0 Å². The van der Waals surface area contributed by atoms with Crippen LogP contribution in [0.25, 0.3) is 0 Å². The summed E-state index contributed by atoms with van der Waals surface area (Å²) in [4.78, 5) is 13.8. The van der Waals surface area contributed by atoms with Crippen LogP contribution in [-0.2, 0) is 17.4 Å². The molecule has 23 heavy (non-hydrogen) atoms. The van der Waals surface area contributed by atoms with Gasteiger partial charge in [0.15, 0.2) is 0 Å². The van der Waals surface area contributed by atoms with Gasteiger partial charge >= 0.3 is 6.18 Å². The van der Waals surface area contributed by atoms with Crippen molar-refractivity contribution in [3.05, 3.63) is 23.2 Å². The Hall–Kier alpha value is -1.54. The van der Waals surface area contributed by atoms with Crippen molar-refractivity contribution in [1.29, 1.82) is 0 Å². The molecule has 1 aromatic heterocycles. The van der Waals surface area contributed by atoms with E-state index in [2.05, 4.69) is 5.32 Å². The molecule has 1 saturated heterocycles. The third kappa shape index (κ3) is 4.48. The molecule has 0 spiro atoms. The summed E-state index contributed by atoms with van der Waals surface area (Å²) in [5, 5.41) is 12.4. The zero-order chi connectivity index (χ0) is 17.2. The largest absolute Gasteiger partial charge is 0.469 e. The normalized spacial score (nSPS) is 22.5. The fourth-order valence-electron chi connectivity index (χ4n) is 2.93. The van der Waals surface area contributed by atoms with Gasteiger partial charge in [0.05, 0.1) is 11.7 Å². The first-order valence-corrected chi connectivity index (χ1v) is 7.46. The van der Waals surface area contributed by atoms with Crippen LogP contribution in [0, 0.1) is 12.8 Å². The number of carbonyl (C=O) groups excluding carboxylic acids is 1. The molecule has 0 aliphatic carbocycles. The highest BCUT2D eigenvalue weighted by Gasteiger charge is 2.36. The van der Waals surface area contributed by atoms with Gasteiger partial charge < -0.3 is 19.7 Å². The van der Waals surface area contributed by atoms with E-state index in [0.29, 0.717) is 19.4 Å². The number of aryl methyl sites for hydroxylation is 1. The van der Waals surface area contributed by atoms with Crippen LogP contribution < -0.4 is 5.32 Å². The zero-order valence-corrected chi connectivity index (χ0v) is 13.1. The molecule has 1 fully saturated rings. The summed E-state index contributed by atoms with van der Waals surface area (Å²) in [5.41, 5.74) is -0.726. The molecule has 5 nitrogen and oxygen atoms in total. The number of carbonyl (C=O) groups is 1. The Kier molecular flexibility index (Phi) is 5.36. The van der Waals surface area contributed by atoms with Crippen LogP contribution in [0.1, 0.15) is 23.3 Å². The number of rotatable bonds is 5. The average molecular weight is 334 g/mol. The second kappa shape index (κ2) is 6.92. The number of hydrogen-bond donors (Lipinski definition) is 2. The Labute approximate surface area is 132 Å². The maximum absolute atomic E-state index is 12.8. The summed E-state index contributed by atoms with van der Waals surface area (Å²) in [6, 6.07) is 0. The second-order valence-corrected chi connectivity index (χ2v) is 6.03.